The van der Waals surface area contributed by atoms with Crippen molar-refractivity contribution in [1.29, 1.82) is 0 Å². The second kappa shape index (κ2) is 4.18. The van der Waals surface area contributed by atoms with Gasteiger partial charge in [-0.1, -0.05) is 16.8 Å². The van der Waals surface area contributed by atoms with Crippen LogP contribution in [0.4, 0.5) is 0 Å². The van der Waals surface area contributed by atoms with Crippen LogP contribution in [0.5, 0.6) is 0 Å². The molecule has 5 nitrogen and oxygen atoms in total. The normalized spacial score (nSPS) is 11.5. The molecule has 0 saturated heterocycles. The number of rotatable bonds is 2. The summed E-state index contributed by atoms with van der Waals surface area (Å²) in [7, 11) is 1.76. The molecule has 2 rings (SSSR count). The lowest BCUT2D eigenvalue weighted by atomic mass is 10.1. The van der Waals surface area contributed by atoms with E-state index in [4.69, 9.17) is 16.7 Å². The summed E-state index contributed by atoms with van der Waals surface area (Å²) in [6.07, 6.45) is 2.57. The zero-order valence-corrected chi connectivity index (χ0v) is 10.1. The minimum absolute atomic E-state index is 0.503. The van der Waals surface area contributed by atoms with Crippen LogP contribution in [0.15, 0.2) is 12.1 Å². The highest BCUT2D eigenvalue weighted by atomic mass is 35.5. The van der Waals surface area contributed by atoms with E-state index in [1.807, 2.05) is 6.92 Å². The second-order valence-corrected chi connectivity index (χ2v) is 4.06. The van der Waals surface area contributed by atoms with Crippen molar-refractivity contribution in [1.82, 2.24) is 15.0 Å². The van der Waals surface area contributed by atoms with E-state index in [0.29, 0.717) is 10.5 Å². The van der Waals surface area contributed by atoms with Gasteiger partial charge in [-0.2, -0.15) is 0 Å². The maximum Gasteiger partial charge on any atom is 0.328 e. The highest BCUT2D eigenvalue weighted by Gasteiger charge is 2.11. The van der Waals surface area contributed by atoms with E-state index in [9.17, 15) is 4.79 Å². The molecular formula is C11H10ClN3O2. The van der Waals surface area contributed by atoms with Gasteiger partial charge in [-0.05, 0) is 30.2 Å². The molecule has 0 aliphatic rings. The van der Waals surface area contributed by atoms with Crippen molar-refractivity contribution in [3.05, 3.63) is 28.3 Å². The van der Waals surface area contributed by atoms with Crippen LogP contribution in [0.2, 0.25) is 5.02 Å². The van der Waals surface area contributed by atoms with Crippen molar-refractivity contribution < 1.29 is 9.90 Å². The van der Waals surface area contributed by atoms with Gasteiger partial charge in [0.2, 0.25) is 0 Å². The third-order valence-electron chi connectivity index (χ3n) is 2.53. The highest BCUT2D eigenvalue weighted by molar-refractivity contribution is 6.35. The smallest absolute Gasteiger partial charge is 0.328 e. The molecule has 0 bridgehead atoms. The molecule has 1 N–H and O–H groups in total. The number of carboxylic acids is 1. The molecule has 0 radical (unpaired) electrons. The fourth-order valence-corrected chi connectivity index (χ4v) is 1.99. The number of aromatic nitrogens is 3. The Balaban J connectivity index is 2.67. The Bertz CT molecular complexity index is 631. The van der Waals surface area contributed by atoms with E-state index in [-0.39, 0.29) is 0 Å². The van der Waals surface area contributed by atoms with Crippen LogP contribution in [0.25, 0.3) is 17.1 Å². The minimum atomic E-state index is -1.00. The maximum absolute atomic E-state index is 10.5. The lowest BCUT2D eigenvalue weighted by Gasteiger charge is -2.03. The molecule has 0 aliphatic heterocycles. The molecule has 1 aromatic carbocycles. The quantitative estimate of drug-likeness (QED) is 0.830. The van der Waals surface area contributed by atoms with Crippen LogP contribution >= 0.6 is 11.6 Å². The summed E-state index contributed by atoms with van der Waals surface area (Å²) in [5.74, 6) is -1.00. The molecule has 2 aromatic rings. The molecule has 88 valence electrons. The summed E-state index contributed by atoms with van der Waals surface area (Å²) in [6.45, 7) is 1.86. The van der Waals surface area contributed by atoms with Crippen LogP contribution in [0.1, 0.15) is 11.1 Å². The minimum Gasteiger partial charge on any atom is -0.478 e. The van der Waals surface area contributed by atoms with Crippen molar-refractivity contribution >= 4 is 34.7 Å². The fourth-order valence-electron chi connectivity index (χ4n) is 1.66. The van der Waals surface area contributed by atoms with E-state index in [0.717, 1.165) is 22.7 Å². The lowest BCUT2D eigenvalue weighted by molar-refractivity contribution is -0.131. The predicted molar refractivity (Wildman–Crippen MR) is 64.9 cm³/mol. The average molecular weight is 252 g/mol. The van der Waals surface area contributed by atoms with Gasteiger partial charge >= 0.3 is 5.97 Å². The van der Waals surface area contributed by atoms with E-state index < -0.39 is 5.97 Å². The van der Waals surface area contributed by atoms with E-state index in [1.54, 1.807) is 17.8 Å². The van der Waals surface area contributed by atoms with Gasteiger partial charge in [0.05, 0.1) is 5.02 Å². The number of nitrogens with zero attached hydrogens (tertiary/aromatic N) is 3. The Labute approximate surface area is 102 Å². The molecule has 0 fully saturated rings. The van der Waals surface area contributed by atoms with E-state index in [2.05, 4.69) is 10.3 Å². The zero-order valence-electron chi connectivity index (χ0n) is 9.31. The Kier molecular flexibility index (Phi) is 2.85. The number of halogens is 1. The number of fused-ring (bicyclic) bond motifs is 1. The van der Waals surface area contributed by atoms with Gasteiger partial charge in [0.25, 0.3) is 0 Å². The fraction of sp³-hybridized carbons (Fsp3) is 0.182. The van der Waals surface area contributed by atoms with Crippen LogP contribution in [-0.2, 0) is 11.8 Å². The molecule has 1 aromatic heterocycles. The van der Waals surface area contributed by atoms with Gasteiger partial charge < -0.3 is 5.11 Å². The molecule has 0 atom stereocenters. The van der Waals surface area contributed by atoms with Crippen molar-refractivity contribution in [2.45, 2.75) is 6.92 Å². The molecule has 17 heavy (non-hydrogen) atoms. The third-order valence-corrected chi connectivity index (χ3v) is 2.82. The van der Waals surface area contributed by atoms with Gasteiger partial charge in [0, 0.05) is 13.1 Å². The molecular weight excluding hydrogens is 242 g/mol. The summed E-state index contributed by atoms with van der Waals surface area (Å²) in [5, 5.41) is 17.0. The summed E-state index contributed by atoms with van der Waals surface area (Å²) >= 11 is 6.11. The molecule has 6 heteroatoms. The number of carboxylic acid groups (broad SMARTS) is 1. The predicted octanol–water partition coefficient (Wildman–Crippen LogP) is 2.03. The summed E-state index contributed by atoms with van der Waals surface area (Å²) in [6, 6.07) is 1.71. The number of carbonyl (C=O) groups is 1. The largest absolute Gasteiger partial charge is 0.478 e. The second-order valence-electron chi connectivity index (χ2n) is 3.65. The molecule has 0 amide bonds. The van der Waals surface area contributed by atoms with Crippen molar-refractivity contribution in [2.24, 2.45) is 7.05 Å². The van der Waals surface area contributed by atoms with Gasteiger partial charge in [-0.15, -0.1) is 5.10 Å². The monoisotopic (exact) mass is 251 g/mol. The summed E-state index contributed by atoms with van der Waals surface area (Å²) in [5.41, 5.74) is 3.02. The topological polar surface area (TPSA) is 68.0 Å². The van der Waals surface area contributed by atoms with Crippen molar-refractivity contribution in [2.75, 3.05) is 0 Å². The van der Waals surface area contributed by atoms with Gasteiger partial charge in [-0.25, -0.2) is 9.48 Å². The maximum atomic E-state index is 10.5. The summed E-state index contributed by atoms with van der Waals surface area (Å²) in [4.78, 5) is 10.5. The Hall–Kier alpha value is -1.88. The standard InChI is InChI=1S/C11H10ClN3O2/c1-6-7(3-4-9(16)17)5-8(12)11-10(6)13-14-15(11)2/h3-5H,1-2H3,(H,16,17)/b4-3+. The lowest BCUT2D eigenvalue weighted by Crippen LogP contribution is -1.92. The van der Waals surface area contributed by atoms with Crippen molar-refractivity contribution in [3.8, 4) is 0 Å². The van der Waals surface area contributed by atoms with Crippen LogP contribution in [0.3, 0.4) is 0 Å². The van der Waals surface area contributed by atoms with Crippen molar-refractivity contribution in [3.63, 3.8) is 0 Å². The average Bonchev–Trinajstić information content (AvgIpc) is 2.64. The Morgan fingerprint density at radius 1 is 1.59 bits per heavy atom. The van der Waals surface area contributed by atoms with Crippen LogP contribution in [-0.4, -0.2) is 26.1 Å². The molecule has 0 aliphatic carbocycles. The van der Waals surface area contributed by atoms with Gasteiger partial charge in [-0.3, -0.25) is 0 Å². The summed E-state index contributed by atoms with van der Waals surface area (Å²) < 4.78 is 1.59. The van der Waals surface area contributed by atoms with Gasteiger partial charge in [0.1, 0.15) is 11.0 Å². The van der Waals surface area contributed by atoms with E-state index in [1.165, 1.54) is 6.08 Å². The number of hydrogen-bond acceptors (Lipinski definition) is 3. The third kappa shape index (κ3) is 2.01. The molecule has 0 spiro atoms. The number of hydrogen-bond donors (Lipinski definition) is 1. The molecule has 1 heterocycles. The molecule has 0 unspecified atom stereocenters. The Morgan fingerprint density at radius 3 is 2.94 bits per heavy atom. The highest BCUT2D eigenvalue weighted by Crippen LogP contribution is 2.27. The molecule has 0 saturated carbocycles. The number of benzene rings is 1. The van der Waals surface area contributed by atoms with Gasteiger partial charge in [0.15, 0.2) is 0 Å². The first-order valence-electron chi connectivity index (χ1n) is 4.90. The number of aryl methyl sites for hydroxylation is 2. The van der Waals surface area contributed by atoms with E-state index >= 15 is 0 Å². The number of aliphatic carboxylic acids is 1. The van der Waals surface area contributed by atoms with Crippen LogP contribution in [0, 0.1) is 6.92 Å². The first-order chi connectivity index (χ1) is 8.00. The SMILES string of the molecule is Cc1c(/C=C/C(=O)O)cc(Cl)c2c1nnn2C. The zero-order chi connectivity index (χ0) is 12.6. The first-order valence-corrected chi connectivity index (χ1v) is 5.28. The Morgan fingerprint density at radius 2 is 2.29 bits per heavy atom. The van der Waals surface area contributed by atoms with Crippen LogP contribution < -0.4 is 0 Å². The first kappa shape index (κ1) is 11.6.